The maximum Gasteiger partial charge on any atom is 0.259 e. The molecule has 1 aliphatic carbocycles. The van der Waals surface area contributed by atoms with Crippen LogP contribution in [-0.2, 0) is 0 Å². The van der Waals surface area contributed by atoms with Crippen LogP contribution in [0.25, 0.3) is 11.0 Å². The van der Waals surface area contributed by atoms with Crippen LogP contribution in [-0.4, -0.2) is 25.8 Å². The number of halogens is 1. The Morgan fingerprint density at radius 2 is 1.91 bits per heavy atom. The Morgan fingerprint density at radius 3 is 2.65 bits per heavy atom. The van der Waals surface area contributed by atoms with Crippen molar-refractivity contribution in [3.05, 3.63) is 53.2 Å². The predicted molar refractivity (Wildman–Crippen MR) is 86.5 cm³/mol. The van der Waals surface area contributed by atoms with E-state index < -0.39 is 0 Å². The molecule has 1 N–H and O–H groups in total. The summed E-state index contributed by atoms with van der Waals surface area (Å²) in [5.74, 6) is 1.31. The number of rotatable bonds is 3. The summed E-state index contributed by atoms with van der Waals surface area (Å²) in [7, 11) is 0. The molecule has 2 aromatic heterocycles. The first-order valence-corrected chi connectivity index (χ1v) is 7.63. The Labute approximate surface area is 137 Å². The molecule has 6 nitrogen and oxygen atoms in total. The van der Waals surface area contributed by atoms with E-state index in [1.54, 1.807) is 30.6 Å². The molecule has 0 atom stereocenters. The number of hydrogen-bond donors (Lipinski definition) is 1. The SMILES string of the molecule is O=C(Nc1cnc2c(Cl)cccc2n1)c1cnc(C2CC2)nc1. The Kier molecular flexibility index (Phi) is 3.38. The second-order valence-electron chi connectivity index (χ2n) is 5.42. The smallest absolute Gasteiger partial charge is 0.259 e. The number of anilines is 1. The molecule has 0 aliphatic heterocycles. The number of fused-ring (bicyclic) bond motifs is 1. The minimum absolute atomic E-state index is 0.317. The van der Waals surface area contributed by atoms with Gasteiger partial charge in [0.1, 0.15) is 11.3 Å². The summed E-state index contributed by atoms with van der Waals surface area (Å²) in [4.78, 5) is 29.3. The average molecular weight is 326 g/mol. The van der Waals surface area contributed by atoms with Crippen LogP contribution in [0.5, 0.6) is 0 Å². The van der Waals surface area contributed by atoms with Gasteiger partial charge in [0.2, 0.25) is 0 Å². The highest BCUT2D eigenvalue weighted by Crippen LogP contribution is 2.37. The number of aromatic nitrogens is 4. The van der Waals surface area contributed by atoms with Crippen LogP contribution in [0.15, 0.2) is 36.8 Å². The van der Waals surface area contributed by atoms with Crippen molar-refractivity contribution in [2.75, 3.05) is 5.32 Å². The van der Waals surface area contributed by atoms with Gasteiger partial charge in [0.15, 0.2) is 5.82 Å². The highest BCUT2D eigenvalue weighted by molar-refractivity contribution is 6.34. The van der Waals surface area contributed by atoms with Crippen LogP contribution < -0.4 is 5.32 Å². The van der Waals surface area contributed by atoms with Crippen molar-refractivity contribution >= 4 is 34.4 Å². The quantitative estimate of drug-likeness (QED) is 0.799. The Hall–Kier alpha value is -2.60. The van der Waals surface area contributed by atoms with Gasteiger partial charge in [-0.1, -0.05) is 17.7 Å². The summed E-state index contributed by atoms with van der Waals surface area (Å²) in [5.41, 5.74) is 1.61. The second kappa shape index (κ2) is 5.55. The van der Waals surface area contributed by atoms with Crippen molar-refractivity contribution in [2.24, 2.45) is 0 Å². The van der Waals surface area contributed by atoms with Gasteiger partial charge < -0.3 is 5.32 Å². The van der Waals surface area contributed by atoms with Crippen molar-refractivity contribution in [3.63, 3.8) is 0 Å². The van der Waals surface area contributed by atoms with Gasteiger partial charge in [-0.25, -0.2) is 19.9 Å². The lowest BCUT2D eigenvalue weighted by Gasteiger charge is -2.06. The number of para-hydroxylation sites is 1. The van der Waals surface area contributed by atoms with E-state index in [0.29, 0.717) is 33.4 Å². The summed E-state index contributed by atoms with van der Waals surface area (Å²) in [6.45, 7) is 0. The van der Waals surface area contributed by atoms with Crippen LogP contribution in [0.2, 0.25) is 5.02 Å². The number of carbonyl (C=O) groups is 1. The molecule has 0 unspecified atom stereocenters. The van der Waals surface area contributed by atoms with Crippen molar-refractivity contribution in [2.45, 2.75) is 18.8 Å². The molecule has 0 radical (unpaired) electrons. The highest BCUT2D eigenvalue weighted by atomic mass is 35.5. The lowest BCUT2D eigenvalue weighted by Crippen LogP contribution is -2.14. The van der Waals surface area contributed by atoms with Crippen molar-refractivity contribution < 1.29 is 4.79 Å². The Morgan fingerprint density at radius 1 is 1.13 bits per heavy atom. The largest absolute Gasteiger partial charge is 0.305 e. The van der Waals surface area contributed by atoms with E-state index in [9.17, 15) is 4.79 Å². The van der Waals surface area contributed by atoms with Gasteiger partial charge in [-0.3, -0.25) is 4.79 Å². The monoisotopic (exact) mass is 325 g/mol. The fourth-order valence-corrected chi connectivity index (χ4v) is 2.48. The first kappa shape index (κ1) is 14.0. The van der Waals surface area contributed by atoms with E-state index in [0.717, 1.165) is 18.7 Å². The van der Waals surface area contributed by atoms with Gasteiger partial charge in [-0.2, -0.15) is 0 Å². The van der Waals surface area contributed by atoms with Crippen LogP contribution in [0.4, 0.5) is 5.82 Å². The van der Waals surface area contributed by atoms with Crippen LogP contribution in [0.3, 0.4) is 0 Å². The lowest BCUT2D eigenvalue weighted by molar-refractivity contribution is 0.102. The third kappa shape index (κ3) is 2.85. The molecule has 1 amide bonds. The maximum absolute atomic E-state index is 12.2. The topological polar surface area (TPSA) is 80.7 Å². The van der Waals surface area contributed by atoms with E-state index >= 15 is 0 Å². The minimum atomic E-state index is -0.317. The number of nitrogens with zero attached hydrogens (tertiary/aromatic N) is 4. The van der Waals surface area contributed by atoms with Gasteiger partial charge in [-0.05, 0) is 25.0 Å². The molecule has 1 saturated carbocycles. The standard InChI is InChI=1S/C16H12ClN5O/c17-11-2-1-3-12-14(11)18-8-13(21-12)22-16(23)10-6-19-15(20-7-10)9-4-5-9/h1-3,6-9H,4-5H2,(H,21,22,23). The molecule has 23 heavy (non-hydrogen) atoms. The molecular formula is C16H12ClN5O. The Balaban J connectivity index is 1.55. The summed E-state index contributed by atoms with van der Waals surface area (Å²) in [6.07, 6.45) is 6.82. The molecule has 1 aromatic carbocycles. The normalized spacial score (nSPS) is 14.0. The lowest BCUT2D eigenvalue weighted by atomic mass is 10.3. The molecule has 3 aromatic rings. The molecule has 1 aliphatic rings. The first-order chi connectivity index (χ1) is 11.2. The van der Waals surface area contributed by atoms with E-state index in [4.69, 9.17) is 11.6 Å². The number of hydrogen-bond acceptors (Lipinski definition) is 5. The van der Waals surface area contributed by atoms with Crippen LogP contribution in [0, 0.1) is 0 Å². The van der Waals surface area contributed by atoms with Gasteiger partial charge in [0.05, 0.1) is 22.3 Å². The van der Waals surface area contributed by atoms with E-state index in [1.165, 1.54) is 6.20 Å². The highest BCUT2D eigenvalue weighted by Gasteiger charge is 2.26. The number of carbonyl (C=O) groups excluding carboxylic acids is 1. The fraction of sp³-hybridized carbons (Fsp3) is 0.188. The van der Waals surface area contributed by atoms with Gasteiger partial charge in [0, 0.05) is 18.3 Å². The second-order valence-corrected chi connectivity index (χ2v) is 5.83. The molecule has 114 valence electrons. The van der Waals surface area contributed by atoms with Crippen molar-refractivity contribution in [3.8, 4) is 0 Å². The van der Waals surface area contributed by atoms with Crippen LogP contribution in [0.1, 0.15) is 34.9 Å². The molecule has 1 fully saturated rings. The van der Waals surface area contributed by atoms with Gasteiger partial charge in [-0.15, -0.1) is 0 Å². The van der Waals surface area contributed by atoms with E-state index in [1.807, 2.05) is 0 Å². The molecule has 2 heterocycles. The first-order valence-electron chi connectivity index (χ1n) is 7.25. The summed E-state index contributed by atoms with van der Waals surface area (Å²) in [5, 5.41) is 3.22. The zero-order chi connectivity index (χ0) is 15.8. The number of nitrogens with one attached hydrogen (secondary N) is 1. The molecular weight excluding hydrogens is 314 g/mol. The van der Waals surface area contributed by atoms with Gasteiger partial charge in [0.25, 0.3) is 5.91 Å². The zero-order valence-electron chi connectivity index (χ0n) is 12.0. The number of amides is 1. The third-order valence-electron chi connectivity index (χ3n) is 3.64. The van der Waals surface area contributed by atoms with Crippen molar-refractivity contribution in [1.29, 1.82) is 0 Å². The zero-order valence-corrected chi connectivity index (χ0v) is 12.8. The predicted octanol–water partition coefficient (Wildman–Crippen LogP) is 3.20. The third-order valence-corrected chi connectivity index (χ3v) is 3.95. The number of benzene rings is 1. The molecule has 0 bridgehead atoms. The average Bonchev–Trinajstić information content (AvgIpc) is 3.40. The Bertz CT molecular complexity index is 893. The minimum Gasteiger partial charge on any atom is -0.305 e. The van der Waals surface area contributed by atoms with Crippen LogP contribution >= 0.6 is 11.6 Å². The molecule has 0 saturated heterocycles. The maximum atomic E-state index is 12.2. The molecule has 0 spiro atoms. The van der Waals surface area contributed by atoms with Crippen molar-refractivity contribution in [1.82, 2.24) is 19.9 Å². The summed E-state index contributed by atoms with van der Waals surface area (Å²) in [6, 6.07) is 5.32. The fourth-order valence-electron chi connectivity index (χ4n) is 2.26. The van der Waals surface area contributed by atoms with Gasteiger partial charge >= 0.3 is 0 Å². The van der Waals surface area contributed by atoms with E-state index in [2.05, 4.69) is 25.3 Å². The summed E-state index contributed by atoms with van der Waals surface area (Å²) >= 11 is 6.05. The molecule has 4 rings (SSSR count). The summed E-state index contributed by atoms with van der Waals surface area (Å²) < 4.78 is 0. The molecule has 7 heteroatoms. The van der Waals surface area contributed by atoms with E-state index in [-0.39, 0.29) is 5.91 Å².